The number of aliphatic hydroxyl groups excluding tert-OH is 1. The molecule has 2 aliphatic heterocycles. The van der Waals surface area contributed by atoms with Crippen molar-refractivity contribution < 1.29 is 5.11 Å². The third-order valence-corrected chi connectivity index (χ3v) is 5.14. The highest BCUT2D eigenvalue weighted by atomic mass is 16.3. The summed E-state index contributed by atoms with van der Waals surface area (Å²) in [6, 6.07) is 0.115. The van der Waals surface area contributed by atoms with E-state index in [1.54, 1.807) is 0 Å². The first-order valence-corrected chi connectivity index (χ1v) is 8.53. The number of aromatic nitrogens is 5. The molecule has 130 valence electrons. The molecule has 8 heteroatoms. The molecule has 1 N–H and O–H groups in total. The number of aliphatic hydroxyl groups is 1. The molecule has 1 saturated heterocycles. The Labute approximate surface area is 141 Å². The van der Waals surface area contributed by atoms with Crippen LogP contribution in [0.25, 0.3) is 0 Å². The van der Waals surface area contributed by atoms with E-state index in [0.717, 1.165) is 43.5 Å². The lowest BCUT2D eigenvalue weighted by molar-refractivity contribution is 0.171. The number of β-amino-alcohol motifs (C(OH)–C–C–N with tert-alkyl or cyclic N) is 1. The number of hydrogen-bond donors (Lipinski definition) is 1. The molecule has 2 atom stereocenters. The average Bonchev–Trinajstić information content (AvgIpc) is 3.17. The predicted octanol–water partition coefficient (Wildman–Crippen LogP) is 0.0733. The fraction of sp³-hybridized carbons (Fsp3) is 0.688. The highest BCUT2D eigenvalue weighted by molar-refractivity contribution is 5.17. The standard InChI is InChI=1S/C16H25N7O/c1-11-12(7-21(3)19-11)8-22-9-13(24)6-14(22)16-18-17-15-10-20(2)4-5-23(15)16/h7,13-14,24H,4-6,8-10H2,1-3H3/t13-,14-/m0/s1. The van der Waals surface area contributed by atoms with E-state index < -0.39 is 0 Å². The lowest BCUT2D eigenvalue weighted by Gasteiger charge is -2.27. The second-order valence-electron chi connectivity index (χ2n) is 7.11. The molecule has 4 rings (SSSR count). The van der Waals surface area contributed by atoms with Gasteiger partial charge in [-0.3, -0.25) is 14.5 Å². The first-order valence-electron chi connectivity index (χ1n) is 8.53. The van der Waals surface area contributed by atoms with Gasteiger partial charge in [0.15, 0.2) is 5.82 Å². The molecule has 0 amide bonds. The SMILES string of the molecule is Cc1nn(C)cc1CN1C[C@@H](O)C[C@H]1c1nnc2n1CCN(C)C2. The van der Waals surface area contributed by atoms with Crippen LogP contribution in [-0.2, 0) is 26.7 Å². The molecule has 0 radical (unpaired) electrons. The van der Waals surface area contributed by atoms with Crippen LogP contribution < -0.4 is 0 Å². The van der Waals surface area contributed by atoms with E-state index in [4.69, 9.17) is 0 Å². The molecule has 0 saturated carbocycles. The summed E-state index contributed by atoms with van der Waals surface area (Å²) in [4.78, 5) is 4.57. The molecule has 0 bridgehead atoms. The largest absolute Gasteiger partial charge is 0.392 e. The van der Waals surface area contributed by atoms with Crippen LogP contribution >= 0.6 is 0 Å². The maximum atomic E-state index is 10.2. The van der Waals surface area contributed by atoms with E-state index in [9.17, 15) is 5.11 Å². The molecule has 0 aliphatic carbocycles. The van der Waals surface area contributed by atoms with Crippen LogP contribution in [0.1, 0.15) is 35.4 Å². The minimum Gasteiger partial charge on any atom is -0.392 e. The Balaban J connectivity index is 1.60. The topological polar surface area (TPSA) is 75.2 Å². The summed E-state index contributed by atoms with van der Waals surface area (Å²) < 4.78 is 4.09. The summed E-state index contributed by atoms with van der Waals surface area (Å²) in [6.45, 7) is 6.25. The van der Waals surface area contributed by atoms with Crippen molar-refractivity contribution in [2.45, 2.75) is 45.1 Å². The van der Waals surface area contributed by atoms with Gasteiger partial charge >= 0.3 is 0 Å². The smallest absolute Gasteiger partial charge is 0.150 e. The van der Waals surface area contributed by atoms with E-state index >= 15 is 0 Å². The van der Waals surface area contributed by atoms with Crippen molar-refractivity contribution in [3.63, 3.8) is 0 Å². The summed E-state index contributed by atoms with van der Waals surface area (Å²) >= 11 is 0. The first kappa shape index (κ1) is 15.7. The lowest BCUT2D eigenvalue weighted by Crippen LogP contribution is -2.33. The van der Waals surface area contributed by atoms with Crippen LogP contribution in [0, 0.1) is 6.92 Å². The molecular formula is C16H25N7O. The molecule has 2 aromatic rings. The molecular weight excluding hydrogens is 306 g/mol. The van der Waals surface area contributed by atoms with Gasteiger partial charge in [-0.05, 0) is 20.4 Å². The Morgan fingerprint density at radius 3 is 2.83 bits per heavy atom. The van der Waals surface area contributed by atoms with Crippen molar-refractivity contribution in [2.24, 2.45) is 7.05 Å². The van der Waals surface area contributed by atoms with Crippen LogP contribution in [0.2, 0.25) is 0 Å². The highest BCUT2D eigenvalue weighted by Crippen LogP contribution is 2.33. The Bertz CT molecular complexity index is 737. The minimum absolute atomic E-state index is 0.115. The van der Waals surface area contributed by atoms with Crippen LogP contribution in [0.5, 0.6) is 0 Å². The van der Waals surface area contributed by atoms with E-state index in [1.807, 2.05) is 18.7 Å². The van der Waals surface area contributed by atoms with Gasteiger partial charge < -0.3 is 9.67 Å². The predicted molar refractivity (Wildman–Crippen MR) is 88.1 cm³/mol. The van der Waals surface area contributed by atoms with Gasteiger partial charge in [-0.15, -0.1) is 10.2 Å². The number of fused-ring (bicyclic) bond motifs is 1. The monoisotopic (exact) mass is 331 g/mol. The molecule has 0 spiro atoms. The zero-order valence-electron chi connectivity index (χ0n) is 14.6. The molecule has 24 heavy (non-hydrogen) atoms. The summed E-state index contributed by atoms with van der Waals surface area (Å²) in [7, 11) is 4.05. The van der Waals surface area contributed by atoms with E-state index in [2.05, 4.69) is 42.9 Å². The fourth-order valence-electron chi connectivity index (χ4n) is 3.89. The lowest BCUT2D eigenvalue weighted by atomic mass is 10.1. The normalized spacial score (nSPS) is 25.3. The maximum Gasteiger partial charge on any atom is 0.150 e. The van der Waals surface area contributed by atoms with Crippen LogP contribution in [0.15, 0.2) is 6.20 Å². The van der Waals surface area contributed by atoms with E-state index in [1.165, 1.54) is 5.56 Å². The van der Waals surface area contributed by atoms with Crippen LogP contribution in [0.3, 0.4) is 0 Å². The van der Waals surface area contributed by atoms with Crippen molar-refractivity contribution >= 4 is 0 Å². The van der Waals surface area contributed by atoms with Crippen molar-refractivity contribution in [3.05, 3.63) is 29.1 Å². The molecule has 2 aliphatic rings. The number of likely N-dealkylation sites (N-methyl/N-ethyl adjacent to an activating group) is 1. The van der Waals surface area contributed by atoms with E-state index in [-0.39, 0.29) is 12.1 Å². The Morgan fingerprint density at radius 1 is 1.25 bits per heavy atom. The molecule has 0 aromatic carbocycles. The molecule has 0 unspecified atom stereocenters. The molecule has 4 heterocycles. The number of aryl methyl sites for hydroxylation is 2. The van der Waals surface area contributed by atoms with Gasteiger partial charge in [0.1, 0.15) is 5.82 Å². The zero-order valence-corrected chi connectivity index (χ0v) is 14.6. The van der Waals surface area contributed by atoms with Crippen molar-refractivity contribution in [2.75, 3.05) is 20.1 Å². The van der Waals surface area contributed by atoms with Crippen LogP contribution in [0.4, 0.5) is 0 Å². The summed E-state index contributed by atoms with van der Waals surface area (Å²) in [5, 5.41) is 23.5. The van der Waals surface area contributed by atoms with Gasteiger partial charge in [-0.2, -0.15) is 5.10 Å². The zero-order chi connectivity index (χ0) is 16.8. The molecule has 8 nitrogen and oxygen atoms in total. The number of nitrogens with zero attached hydrogens (tertiary/aromatic N) is 7. The maximum absolute atomic E-state index is 10.2. The van der Waals surface area contributed by atoms with Gasteiger partial charge in [-0.25, -0.2) is 0 Å². The number of likely N-dealkylation sites (tertiary alicyclic amines) is 1. The second kappa shape index (κ2) is 5.94. The number of rotatable bonds is 3. The second-order valence-corrected chi connectivity index (χ2v) is 7.11. The van der Waals surface area contributed by atoms with Gasteiger partial charge in [0, 0.05) is 45.0 Å². The number of hydrogen-bond acceptors (Lipinski definition) is 6. The Morgan fingerprint density at radius 2 is 2.08 bits per heavy atom. The quantitative estimate of drug-likeness (QED) is 0.858. The first-order chi connectivity index (χ1) is 11.5. The van der Waals surface area contributed by atoms with Crippen LogP contribution in [-0.4, -0.2) is 65.7 Å². The minimum atomic E-state index is -0.314. The van der Waals surface area contributed by atoms with Crippen molar-refractivity contribution in [3.8, 4) is 0 Å². The molecule has 2 aromatic heterocycles. The van der Waals surface area contributed by atoms with Gasteiger partial charge in [0.05, 0.1) is 24.4 Å². The fourth-order valence-corrected chi connectivity index (χ4v) is 3.89. The Kier molecular flexibility index (Phi) is 3.90. The molecule has 1 fully saturated rings. The average molecular weight is 331 g/mol. The van der Waals surface area contributed by atoms with Crippen molar-refractivity contribution in [1.82, 2.24) is 34.3 Å². The van der Waals surface area contributed by atoms with Crippen molar-refractivity contribution in [1.29, 1.82) is 0 Å². The third kappa shape index (κ3) is 2.74. The Hall–Kier alpha value is -1.77. The van der Waals surface area contributed by atoms with Gasteiger partial charge in [0.25, 0.3) is 0 Å². The summed E-state index contributed by atoms with van der Waals surface area (Å²) in [5.74, 6) is 2.02. The summed E-state index contributed by atoms with van der Waals surface area (Å²) in [6.07, 6.45) is 2.46. The van der Waals surface area contributed by atoms with Gasteiger partial charge in [-0.1, -0.05) is 0 Å². The highest BCUT2D eigenvalue weighted by Gasteiger charge is 2.36. The van der Waals surface area contributed by atoms with E-state index in [0.29, 0.717) is 13.0 Å². The third-order valence-electron chi connectivity index (χ3n) is 5.14. The van der Waals surface area contributed by atoms with Gasteiger partial charge in [0.2, 0.25) is 0 Å². The summed E-state index contributed by atoms with van der Waals surface area (Å²) in [5.41, 5.74) is 2.25.